The average Bonchev–Trinajstić information content (AvgIpc) is 2.76. The van der Waals surface area contributed by atoms with Crippen molar-refractivity contribution < 1.29 is 19.4 Å². The molecule has 0 saturated carbocycles. The topological polar surface area (TPSA) is 73.6 Å². The van der Waals surface area contributed by atoms with Crippen molar-refractivity contribution in [3.63, 3.8) is 0 Å². The lowest BCUT2D eigenvalue weighted by Gasteiger charge is -2.14. The summed E-state index contributed by atoms with van der Waals surface area (Å²) in [6.07, 6.45) is -1.39. The molecule has 7 heteroatoms. The van der Waals surface area contributed by atoms with Gasteiger partial charge in [0.2, 0.25) is 5.88 Å². The monoisotopic (exact) mass is 338 g/mol. The highest BCUT2D eigenvalue weighted by Crippen LogP contribution is 2.25. The molecule has 6 nitrogen and oxygen atoms in total. The minimum atomic E-state index is -1.39. The van der Waals surface area contributed by atoms with Crippen LogP contribution in [0.3, 0.4) is 0 Å². The van der Waals surface area contributed by atoms with Crippen molar-refractivity contribution in [3.05, 3.63) is 40.5 Å². The molecule has 1 aromatic carbocycles. The summed E-state index contributed by atoms with van der Waals surface area (Å²) in [7, 11) is 0. The normalized spacial score (nSPS) is 10.8. The molecule has 1 N–H and O–H groups in total. The lowest BCUT2D eigenvalue weighted by molar-refractivity contribution is 0.142. The van der Waals surface area contributed by atoms with Crippen molar-refractivity contribution in [1.82, 2.24) is 9.78 Å². The van der Waals surface area contributed by atoms with Gasteiger partial charge in [-0.1, -0.05) is 25.4 Å². The van der Waals surface area contributed by atoms with E-state index in [-0.39, 0.29) is 5.88 Å². The maximum absolute atomic E-state index is 10.6. The van der Waals surface area contributed by atoms with E-state index < -0.39 is 6.16 Å². The molecule has 0 spiro atoms. The van der Waals surface area contributed by atoms with Crippen LogP contribution in [0.25, 0.3) is 0 Å². The van der Waals surface area contributed by atoms with E-state index in [9.17, 15) is 4.79 Å². The zero-order valence-corrected chi connectivity index (χ0v) is 14.0. The molecule has 1 heterocycles. The Kier molecular flexibility index (Phi) is 5.50. The van der Waals surface area contributed by atoms with E-state index in [2.05, 4.69) is 23.7 Å². The molecule has 124 valence electrons. The second-order valence-electron chi connectivity index (χ2n) is 5.61. The molecule has 2 aromatic rings. The highest BCUT2D eigenvalue weighted by molar-refractivity contribution is 6.30. The molecule has 0 bridgehead atoms. The molecule has 0 unspecified atom stereocenters. The number of aromatic nitrogens is 2. The van der Waals surface area contributed by atoms with Crippen LogP contribution in [0.4, 0.5) is 4.79 Å². The van der Waals surface area contributed by atoms with Crippen molar-refractivity contribution in [3.8, 4) is 11.6 Å². The van der Waals surface area contributed by atoms with Crippen molar-refractivity contribution in [2.75, 3.05) is 6.61 Å². The van der Waals surface area contributed by atoms with Gasteiger partial charge in [0.15, 0.2) is 0 Å². The number of ether oxygens (including phenoxy) is 2. The van der Waals surface area contributed by atoms with Crippen LogP contribution in [0.2, 0.25) is 5.02 Å². The Morgan fingerprint density at radius 1 is 1.39 bits per heavy atom. The molecule has 0 aliphatic heterocycles. The van der Waals surface area contributed by atoms with Gasteiger partial charge in [0.05, 0.1) is 13.2 Å². The largest absolute Gasteiger partial charge is 0.512 e. The number of benzene rings is 1. The Morgan fingerprint density at radius 2 is 2.13 bits per heavy atom. The number of hydrogen-bond donors (Lipinski definition) is 1. The zero-order chi connectivity index (χ0) is 17.0. The summed E-state index contributed by atoms with van der Waals surface area (Å²) < 4.78 is 12.0. The average molecular weight is 339 g/mol. The van der Waals surface area contributed by atoms with Crippen LogP contribution in [-0.4, -0.2) is 27.6 Å². The van der Waals surface area contributed by atoms with Gasteiger partial charge in [0.1, 0.15) is 5.75 Å². The summed E-state index contributed by atoms with van der Waals surface area (Å²) in [6, 6.07) is 6.98. The van der Waals surface area contributed by atoms with Crippen molar-refractivity contribution >= 4 is 17.8 Å². The predicted octanol–water partition coefficient (Wildman–Crippen LogP) is 3.98. The predicted molar refractivity (Wildman–Crippen MR) is 86.5 cm³/mol. The van der Waals surface area contributed by atoms with Crippen LogP contribution in [0.5, 0.6) is 11.6 Å². The Balaban J connectivity index is 2.23. The molecular formula is C16H19ClN2O4. The van der Waals surface area contributed by atoms with E-state index in [4.69, 9.17) is 21.4 Å². The fraction of sp³-hybridized carbons (Fsp3) is 0.375. The van der Waals surface area contributed by atoms with Gasteiger partial charge in [-0.25, -0.2) is 4.79 Å². The Morgan fingerprint density at radius 3 is 2.78 bits per heavy atom. The maximum atomic E-state index is 10.6. The van der Waals surface area contributed by atoms with Crippen LogP contribution < -0.4 is 9.47 Å². The van der Waals surface area contributed by atoms with E-state index in [1.807, 2.05) is 19.1 Å². The number of aryl methyl sites for hydroxylation is 1. The summed E-state index contributed by atoms with van der Waals surface area (Å²) in [6.45, 7) is 6.97. The third-order valence-electron chi connectivity index (χ3n) is 3.07. The Hall–Kier alpha value is -2.21. The number of hydrogen-bond acceptors (Lipinski definition) is 4. The van der Waals surface area contributed by atoms with Gasteiger partial charge in [-0.3, -0.25) is 4.68 Å². The quantitative estimate of drug-likeness (QED) is 0.806. The molecule has 0 radical (unpaired) electrons. The highest BCUT2D eigenvalue weighted by Gasteiger charge is 2.12. The van der Waals surface area contributed by atoms with E-state index in [1.165, 1.54) is 0 Å². The molecule has 0 aliphatic rings. The summed E-state index contributed by atoms with van der Waals surface area (Å²) >= 11 is 6.07. The first-order valence-corrected chi connectivity index (χ1v) is 7.59. The van der Waals surface area contributed by atoms with Gasteiger partial charge in [-0.05, 0) is 31.0 Å². The van der Waals surface area contributed by atoms with Crippen molar-refractivity contribution in [1.29, 1.82) is 0 Å². The van der Waals surface area contributed by atoms with Crippen LogP contribution in [-0.2, 0) is 6.54 Å². The first kappa shape index (κ1) is 17.1. The van der Waals surface area contributed by atoms with Gasteiger partial charge in [-0.15, -0.1) is 5.10 Å². The van der Waals surface area contributed by atoms with Crippen LogP contribution in [0, 0.1) is 12.8 Å². The summed E-state index contributed by atoms with van der Waals surface area (Å²) in [5.41, 5.74) is 1.64. The SMILES string of the molecule is Cc1cc(OC(=O)O)nn1Cc1cc(Cl)ccc1OCC(C)C. The summed E-state index contributed by atoms with van der Waals surface area (Å²) in [5.74, 6) is 1.18. The van der Waals surface area contributed by atoms with E-state index >= 15 is 0 Å². The van der Waals surface area contributed by atoms with Crippen LogP contribution in [0.15, 0.2) is 24.3 Å². The molecule has 0 saturated heterocycles. The third-order valence-corrected chi connectivity index (χ3v) is 3.30. The standard InChI is InChI=1S/C16H19ClN2O4/c1-10(2)9-22-14-5-4-13(17)7-12(14)8-19-11(3)6-15(18-19)23-16(20)21/h4-7,10H,8-9H2,1-3H3,(H,20,21). The fourth-order valence-electron chi connectivity index (χ4n) is 2.01. The number of halogens is 1. The van der Waals surface area contributed by atoms with Gasteiger partial charge in [0, 0.05) is 22.3 Å². The molecule has 0 atom stereocenters. The van der Waals surface area contributed by atoms with E-state index in [0.717, 1.165) is 17.0 Å². The Bertz CT molecular complexity index is 697. The number of carboxylic acid groups (broad SMARTS) is 1. The zero-order valence-electron chi connectivity index (χ0n) is 13.2. The number of carbonyl (C=O) groups is 1. The molecule has 0 aliphatic carbocycles. The second kappa shape index (κ2) is 7.37. The van der Waals surface area contributed by atoms with Crippen LogP contribution in [0.1, 0.15) is 25.1 Å². The van der Waals surface area contributed by atoms with E-state index in [1.54, 1.807) is 16.8 Å². The van der Waals surface area contributed by atoms with Crippen LogP contribution >= 0.6 is 11.6 Å². The van der Waals surface area contributed by atoms with Gasteiger partial charge in [0.25, 0.3) is 0 Å². The van der Waals surface area contributed by atoms with Gasteiger partial charge < -0.3 is 14.6 Å². The number of nitrogens with zero attached hydrogens (tertiary/aromatic N) is 2. The Labute approximate surface area is 139 Å². The second-order valence-corrected chi connectivity index (χ2v) is 6.04. The van der Waals surface area contributed by atoms with Crippen molar-refractivity contribution in [2.45, 2.75) is 27.3 Å². The molecule has 0 amide bonds. The molecular weight excluding hydrogens is 320 g/mol. The first-order valence-electron chi connectivity index (χ1n) is 7.21. The first-order chi connectivity index (χ1) is 10.8. The lowest BCUT2D eigenvalue weighted by atomic mass is 10.2. The van der Waals surface area contributed by atoms with Gasteiger partial charge in [-0.2, -0.15) is 0 Å². The smallest absolute Gasteiger partial charge is 0.493 e. The molecule has 2 rings (SSSR count). The fourth-order valence-corrected chi connectivity index (χ4v) is 2.20. The minimum Gasteiger partial charge on any atom is -0.493 e. The lowest BCUT2D eigenvalue weighted by Crippen LogP contribution is -2.10. The van der Waals surface area contributed by atoms with E-state index in [0.29, 0.717) is 24.1 Å². The van der Waals surface area contributed by atoms with Gasteiger partial charge >= 0.3 is 6.16 Å². The maximum Gasteiger partial charge on any atom is 0.512 e. The minimum absolute atomic E-state index is 0.0432. The molecule has 1 aromatic heterocycles. The van der Waals surface area contributed by atoms with Crippen molar-refractivity contribution in [2.24, 2.45) is 5.92 Å². The summed E-state index contributed by atoms with van der Waals surface area (Å²) in [5, 5.41) is 13.4. The molecule has 0 fully saturated rings. The summed E-state index contributed by atoms with van der Waals surface area (Å²) in [4.78, 5) is 10.6. The number of rotatable bonds is 6. The highest BCUT2D eigenvalue weighted by atomic mass is 35.5. The molecule has 23 heavy (non-hydrogen) atoms. The third kappa shape index (κ3) is 4.89.